The van der Waals surface area contributed by atoms with Crippen molar-refractivity contribution in [1.29, 1.82) is 0 Å². The van der Waals surface area contributed by atoms with Crippen LogP contribution >= 0.6 is 0 Å². The van der Waals surface area contributed by atoms with Crippen LogP contribution in [0.1, 0.15) is 42.3 Å². The van der Waals surface area contributed by atoms with Gasteiger partial charge in [-0.05, 0) is 26.3 Å². The minimum Gasteiger partial charge on any atom is -0.394 e. The summed E-state index contributed by atoms with van der Waals surface area (Å²) in [6, 6.07) is -0.270. The largest absolute Gasteiger partial charge is 0.394 e. The fraction of sp³-hybridized carbons (Fsp3) is 0.700. The zero-order chi connectivity index (χ0) is 12.3. The smallest absolute Gasteiger partial charge is 0.292 e. The lowest BCUT2D eigenvalue weighted by atomic mass is 10.2. The minimum atomic E-state index is -0.431. The Morgan fingerprint density at radius 3 is 3.24 bits per heavy atom. The Hall–Kier alpha value is -1.47. The second kappa shape index (κ2) is 5.24. The van der Waals surface area contributed by atoms with Crippen LogP contribution in [0.2, 0.25) is 0 Å². The molecule has 1 amide bonds. The van der Waals surface area contributed by atoms with Crippen LogP contribution in [0.4, 0.5) is 0 Å². The molecule has 17 heavy (non-hydrogen) atoms. The van der Waals surface area contributed by atoms with Crippen molar-refractivity contribution in [3.8, 4) is 0 Å². The van der Waals surface area contributed by atoms with Crippen LogP contribution in [0.25, 0.3) is 0 Å². The van der Waals surface area contributed by atoms with Gasteiger partial charge in [0, 0.05) is 6.04 Å². The number of amides is 1. The summed E-state index contributed by atoms with van der Waals surface area (Å²) in [6.07, 6.45) is 2.01. The molecule has 1 aromatic rings. The molecule has 1 fully saturated rings. The summed E-state index contributed by atoms with van der Waals surface area (Å²) in [4.78, 5) is 15.7. The van der Waals surface area contributed by atoms with Crippen LogP contribution in [0.15, 0.2) is 4.52 Å². The van der Waals surface area contributed by atoms with E-state index in [0.29, 0.717) is 5.89 Å². The lowest BCUT2D eigenvalue weighted by Crippen LogP contribution is -2.35. The van der Waals surface area contributed by atoms with Crippen LogP contribution in [-0.2, 0) is 0 Å². The molecule has 94 valence electrons. The van der Waals surface area contributed by atoms with Crippen molar-refractivity contribution in [2.24, 2.45) is 0 Å². The van der Waals surface area contributed by atoms with E-state index < -0.39 is 5.91 Å². The molecule has 3 N–H and O–H groups in total. The normalized spacial score (nSPS) is 21.4. The molecule has 2 rings (SSSR count). The van der Waals surface area contributed by atoms with E-state index in [-0.39, 0.29) is 24.5 Å². The molecule has 0 radical (unpaired) electrons. The van der Waals surface area contributed by atoms with Crippen molar-refractivity contribution >= 4 is 5.91 Å². The van der Waals surface area contributed by atoms with Gasteiger partial charge in [0.25, 0.3) is 11.7 Å². The third kappa shape index (κ3) is 2.80. The highest BCUT2D eigenvalue weighted by molar-refractivity contribution is 5.90. The van der Waals surface area contributed by atoms with Crippen molar-refractivity contribution in [3.63, 3.8) is 0 Å². The van der Waals surface area contributed by atoms with Crippen LogP contribution < -0.4 is 10.6 Å². The standard InChI is InChI=1S/C10H16N4O3/c1-6(5-15)12-9(16)8-13-10(17-14-8)7-3-2-4-11-7/h6-7,11,15H,2-5H2,1H3,(H,12,16)/t6-,7?/m0/s1. The van der Waals surface area contributed by atoms with E-state index in [1.165, 1.54) is 0 Å². The molecule has 7 heteroatoms. The molecule has 1 aliphatic heterocycles. The minimum absolute atomic E-state index is 0.00833. The summed E-state index contributed by atoms with van der Waals surface area (Å²) in [6.45, 7) is 2.49. The summed E-state index contributed by atoms with van der Waals surface area (Å²) in [7, 11) is 0. The van der Waals surface area contributed by atoms with Crippen LogP contribution in [0.3, 0.4) is 0 Å². The average Bonchev–Trinajstić information content (AvgIpc) is 2.98. The zero-order valence-electron chi connectivity index (χ0n) is 9.64. The van der Waals surface area contributed by atoms with Crippen LogP contribution in [0.5, 0.6) is 0 Å². The molecule has 1 aromatic heterocycles. The number of hydrogen-bond acceptors (Lipinski definition) is 6. The van der Waals surface area contributed by atoms with E-state index in [4.69, 9.17) is 9.63 Å². The fourth-order valence-electron chi connectivity index (χ4n) is 1.70. The van der Waals surface area contributed by atoms with E-state index in [0.717, 1.165) is 19.4 Å². The quantitative estimate of drug-likeness (QED) is 0.662. The summed E-state index contributed by atoms with van der Waals surface area (Å²) >= 11 is 0. The van der Waals surface area contributed by atoms with E-state index >= 15 is 0 Å². The number of nitrogens with one attached hydrogen (secondary N) is 2. The molecule has 2 atom stereocenters. The number of nitrogens with zero attached hydrogens (tertiary/aromatic N) is 2. The second-order valence-electron chi connectivity index (χ2n) is 4.16. The van der Waals surface area contributed by atoms with Crippen LogP contribution in [0, 0.1) is 0 Å². The monoisotopic (exact) mass is 240 g/mol. The molecule has 0 bridgehead atoms. The van der Waals surface area contributed by atoms with E-state index in [2.05, 4.69) is 20.8 Å². The van der Waals surface area contributed by atoms with Crippen molar-refractivity contribution in [1.82, 2.24) is 20.8 Å². The maximum Gasteiger partial charge on any atom is 0.292 e. The molecule has 1 aliphatic rings. The first-order chi connectivity index (χ1) is 8.20. The van der Waals surface area contributed by atoms with Gasteiger partial charge >= 0.3 is 0 Å². The lowest BCUT2D eigenvalue weighted by Gasteiger charge is -2.07. The van der Waals surface area contributed by atoms with Crippen LogP contribution in [-0.4, -0.2) is 40.3 Å². The van der Waals surface area contributed by atoms with Crippen molar-refractivity contribution in [3.05, 3.63) is 11.7 Å². The molecular weight excluding hydrogens is 224 g/mol. The summed E-state index contributed by atoms with van der Waals surface area (Å²) in [5.41, 5.74) is 0. The number of aromatic nitrogens is 2. The van der Waals surface area contributed by atoms with E-state index in [1.807, 2.05) is 0 Å². The molecule has 1 saturated heterocycles. The molecule has 2 heterocycles. The van der Waals surface area contributed by atoms with Gasteiger partial charge in [-0.25, -0.2) is 0 Å². The van der Waals surface area contributed by atoms with Gasteiger partial charge in [0.2, 0.25) is 5.89 Å². The maximum absolute atomic E-state index is 11.6. The van der Waals surface area contributed by atoms with E-state index in [1.54, 1.807) is 6.92 Å². The topological polar surface area (TPSA) is 100 Å². The second-order valence-corrected chi connectivity index (χ2v) is 4.16. The molecule has 0 aromatic carbocycles. The van der Waals surface area contributed by atoms with Gasteiger partial charge in [0.15, 0.2) is 0 Å². The number of carbonyl (C=O) groups is 1. The number of carbonyl (C=O) groups excluding carboxylic acids is 1. The predicted octanol–water partition coefficient (Wildman–Crippen LogP) is -0.395. The van der Waals surface area contributed by atoms with Crippen molar-refractivity contribution in [2.75, 3.05) is 13.2 Å². The third-order valence-electron chi connectivity index (χ3n) is 2.65. The van der Waals surface area contributed by atoms with Gasteiger partial charge in [-0.2, -0.15) is 4.98 Å². The first kappa shape index (κ1) is 12.0. The van der Waals surface area contributed by atoms with Gasteiger partial charge in [-0.1, -0.05) is 5.16 Å². The first-order valence-corrected chi connectivity index (χ1v) is 5.69. The average molecular weight is 240 g/mol. The Morgan fingerprint density at radius 1 is 1.76 bits per heavy atom. The third-order valence-corrected chi connectivity index (χ3v) is 2.65. The van der Waals surface area contributed by atoms with Gasteiger partial charge in [-0.3, -0.25) is 4.79 Å². The van der Waals surface area contributed by atoms with Gasteiger partial charge < -0.3 is 20.3 Å². The lowest BCUT2D eigenvalue weighted by molar-refractivity contribution is 0.0908. The molecule has 0 aliphatic carbocycles. The summed E-state index contributed by atoms with van der Waals surface area (Å²) in [5, 5.41) is 18.2. The van der Waals surface area contributed by atoms with Gasteiger partial charge in [-0.15, -0.1) is 0 Å². The SMILES string of the molecule is C[C@@H](CO)NC(=O)c1noc(C2CCCN2)n1. The molecule has 0 saturated carbocycles. The Labute approximate surface area is 98.6 Å². The Kier molecular flexibility index (Phi) is 3.70. The first-order valence-electron chi connectivity index (χ1n) is 5.69. The molecule has 0 spiro atoms. The summed E-state index contributed by atoms with van der Waals surface area (Å²) < 4.78 is 5.04. The predicted molar refractivity (Wildman–Crippen MR) is 58.3 cm³/mol. The maximum atomic E-state index is 11.6. The van der Waals surface area contributed by atoms with Gasteiger partial charge in [0.1, 0.15) is 0 Å². The highest BCUT2D eigenvalue weighted by atomic mass is 16.5. The fourth-order valence-corrected chi connectivity index (χ4v) is 1.70. The van der Waals surface area contributed by atoms with Crippen molar-refractivity contribution in [2.45, 2.75) is 31.8 Å². The van der Waals surface area contributed by atoms with Crippen molar-refractivity contribution < 1.29 is 14.4 Å². The number of aliphatic hydroxyl groups excluding tert-OH is 1. The highest BCUT2D eigenvalue weighted by Crippen LogP contribution is 2.20. The zero-order valence-corrected chi connectivity index (χ0v) is 9.64. The summed E-state index contributed by atoms with van der Waals surface area (Å²) in [5.74, 6) is 0.0258. The number of aliphatic hydroxyl groups is 1. The Bertz CT molecular complexity index is 387. The number of rotatable bonds is 4. The van der Waals surface area contributed by atoms with E-state index in [9.17, 15) is 4.79 Å². The Balaban J connectivity index is 1.99. The highest BCUT2D eigenvalue weighted by Gasteiger charge is 2.24. The Morgan fingerprint density at radius 2 is 2.59 bits per heavy atom. The molecule has 1 unspecified atom stereocenters. The molecule has 7 nitrogen and oxygen atoms in total. The number of hydrogen-bond donors (Lipinski definition) is 3. The molecular formula is C10H16N4O3. The van der Waals surface area contributed by atoms with Gasteiger partial charge in [0.05, 0.1) is 12.6 Å².